The second kappa shape index (κ2) is 10.2. The minimum absolute atomic E-state index is 0.0365. The Morgan fingerprint density at radius 2 is 2.00 bits per heavy atom. The second-order valence-electron chi connectivity index (χ2n) is 7.50. The van der Waals surface area contributed by atoms with Crippen molar-refractivity contribution in [3.63, 3.8) is 0 Å². The van der Waals surface area contributed by atoms with Gasteiger partial charge in [0.15, 0.2) is 0 Å². The Morgan fingerprint density at radius 3 is 2.61 bits per heavy atom. The molecular formula is C22H29N3OS2. The van der Waals surface area contributed by atoms with Crippen molar-refractivity contribution in [2.75, 3.05) is 19.6 Å². The fraction of sp³-hybridized carbons (Fsp3) is 0.455. The number of aryl methyl sites for hydroxylation is 1. The Kier molecular flexibility index (Phi) is 7.71. The fourth-order valence-electron chi connectivity index (χ4n) is 3.17. The van der Waals surface area contributed by atoms with Crippen LogP contribution in [0.25, 0.3) is 0 Å². The van der Waals surface area contributed by atoms with Gasteiger partial charge < -0.3 is 5.32 Å². The van der Waals surface area contributed by atoms with Crippen molar-refractivity contribution in [3.8, 4) is 0 Å². The van der Waals surface area contributed by atoms with Crippen LogP contribution in [0.3, 0.4) is 0 Å². The van der Waals surface area contributed by atoms with Crippen LogP contribution in [0.1, 0.15) is 47.7 Å². The number of nitrogens with zero attached hydrogens (tertiary/aromatic N) is 2. The molecule has 1 aliphatic heterocycles. The summed E-state index contributed by atoms with van der Waals surface area (Å²) in [6.07, 6.45) is 4.31. The van der Waals surface area contributed by atoms with Gasteiger partial charge in [-0.2, -0.15) is 0 Å². The van der Waals surface area contributed by atoms with Gasteiger partial charge in [-0.05, 0) is 57.9 Å². The molecule has 1 saturated heterocycles. The number of carbonyl (C=O) groups is 1. The monoisotopic (exact) mass is 415 g/mol. The van der Waals surface area contributed by atoms with E-state index in [1.54, 1.807) is 23.1 Å². The van der Waals surface area contributed by atoms with Crippen LogP contribution in [0, 0.1) is 6.92 Å². The molecular weight excluding hydrogens is 386 g/mol. The molecule has 1 aromatic heterocycles. The van der Waals surface area contributed by atoms with E-state index in [0.717, 1.165) is 59.4 Å². The molecule has 3 rings (SSSR count). The van der Waals surface area contributed by atoms with Gasteiger partial charge in [0.05, 0.1) is 10.7 Å². The van der Waals surface area contributed by atoms with Gasteiger partial charge in [0.1, 0.15) is 0 Å². The molecule has 28 heavy (non-hydrogen) atoms. The lowest BCUT2D eigenvalue weighted by atomic mass is 10.0. The number of carbonyl (C=O) groups excluding carboxylic acids is 1. The molecule has 1 amide bonds. The van der Waals surface area contributed by atoms with Gasteiger partial charge in [0.2, 0.25) is 0 Å². The molecule has 0 aliphatic carbocycles. The van der Waals surface area contributed by atoms with Gasteiger partial charge in [0, 0.05) is 47.3 Å². The molecule has 0 spiro atoms. The number of thiazole rings is 1. The van der Waals surface area contributed by atoms with Crippen LogP contribution in [-0.2, 0) is 5.75 Å². The van der Waals surface area contributed by atoms with Crippen LogP contribution in [0.4, 0.5) is 0 Å². The van der Waals surface area contributed by atoms with E-state index in [4.69, 9.17) is 0 Å². The molecule has 0 saturated carbocycles. The maximum Gasteiger partial charge on any atom is 0.251 e. The first-order valence-electron chi connectivity index (χ1n) is 9.80. The van der Waals surface area contributed by atoms with Crippen molar-refractivity contribution in [2.45, 2.75) is 50.3 Å². The molecule has 6 heteroatoms. The third kappa shape index (κ3) is 6.47. The molecule has 2 heterocycles. The van der Waals surface area contributed by atoms with E-state index >= 15 is 0 Å². The predicted molar refractivity (Wildman–Crippen MR) is 119 cm³/mol. The summed E-state index contributed by atoms with van der Waals surface area (Å²) in [7, 11) is 0. The van der Waals surface area contributed by atoms with Crippen molar-refractivity contribution < 1.29 is 4.79 Å². The first kappa shape index (κ1) is 21.1. The molecule has 1 fully saturated rings. The van der Waals surface area contributed by atoms with Gasteiger partial charge >= 0.3 is 0 Å². The van der Waals surface area contributed by atoms with E-state index in [2.05, 4.69) is 40.5 Å². The third-order valence-electron chi connectivity index (χ3n) is 4.85. The quantitative estimate of drug-likeness (QED) is 0.516. The van der Waals surface area contributed by atoms with E-state index in [1.165, 1.54) is 5.57 Å². The lowest BCUT2D eigenvalue weighted by molar-refractivity contribution is 0.0914. The molecule has 1 aliphatic rings. The molecule has 2 aromatic rings. The van der Waals surface area contributed by atoms with Crippen LogP contribution in [-0.4, -0.2) is 41.5 Å². The van der Waals surface area contributed by atoms with Crippen molar-refractivity contribution in [2.24, 2.45) is 0 Å². The average Bonchev–Trinajstić information content (AvgIpc) is 3.11. The van der Waals surface area contributed by atoms with E-state index in [-0.39, 0.29) is 11.9 Å². The van der Waals surface area contributed by atoms with Crippen LogP contribution in [0.5, 0.6) is 0 Å². The van der Waals surface area contributed by atoms with E-state index in [0.29, 0.717) is 0 Å². The third-order valence-corrected chi connectivity index (χ3v) is 6.72. The summed E-state index contributed by atoms with van der Waals surface area (Å²) in [6.45, 7) is 9.40. The average molecular weight is 416 g/mol. The molecule has 0 unspecified atom stereocenters. The first-order valence-corrected chi connectivity index (χ1v) is 11.7. The van der Waals surface area contributed by atoms with Gasteiger partial charge in [-0.25, -0.2) is 4.98 Å². The minimum atomic E-state index is 0.0365. The zero-order valence-electron chi connectivity index (χ0n) is 16.9. The van der Waals surface area contributed by atoms with Crippen LogP contribution in [0.15, 0.2) is 46.2 Å². The number of thioether (sulfide) groups is 1. The first-order chi connectivity index (χ1) is 13.5. The predicted octanol–water partition coefficient (Wildman–Crippen LogP) is 4.90. The highest BCUT2D eigenvalue weighted by atomic mass is 32.2. The number of aromatic nitrogens is 1. The Hall–Kier alpha value is -1.63. The van der Waals surface area contributed by atoms with Crippen LogP contribution < -0.4 is 5.32 Å². The number of nitrogens with one attached hydrogen (secondary N) is 1. The number of piperidine rings is 1. The molecule has 0 atom stereocenters. The van der Waals surface area contributed by atoms with Crippen LogP contribution in [0.2, 0.25) is 0 Å². The van der Waals surface area contributed by atoms with Gasteiger partial charge in [-0.1, -0.05) is 11.6 Å². The lowest BCUT2D eigenvalue weighted by Gasteiger charge is -2.31. The Bertz CT molecular complexity index is 801. The fourth-order valence-corrected chi connectivity index (χ4v) is 4.68. The van der Waals surface area contributed by atoms with E-state index < -0.39 is 0 Å². The topological polar surface area (TPSA) is 45.2 Å². The SMILES string of the molecule is CC(C)=CCN1CCC(NC(=O)c2ccc(SCc3csc(C)n3)cc2)CC1. The summed E-state index contributed by atoms with van der Waals surface area (Å²) in [5.74, 6) is 0.899. The maximum atomic E-state index is 12.6. The highest BCUT2D eigenvalue weighted by Crippen LogP contribution is 2.24. The zero-order chi connectivity index (χ0) is 19.9. The molecule has 1 aromatic carbocycles. The highest BCUT2D eigenvalue weighted by Gasteiger charge is 2.20. The summed E-state index contributed by atoms with van der Waals surface area (Å²) in [4.78, 5) is 20.7. The van der Waals surface area contributed by atoms with Crippen molar-refractivity contribution in [1.29, 1.82) is 0 Å². The number of hydrogen-bond acceptors (Lipinski definition) is 5. The zero-order valence-corrected chi connectivity index (χ0v) is 18.5. The molecule has 1 N–H and O–H groups in total. The minimum Gasteiger partial charge on any atom is -0.349 e. The molecule has 4 nitrogen and oxygen atoms in total. The van der Waals surface area contributed by atoms with Gasteiger partial charge in [0.25, 0.3) is 5.91 Å². The summed E-state index contributed by atoms with van der Waals surface area (Å²) in [6, 6.07) is 8.18. The number of rotatable bonds is 7. The van der Waals surface area contributed by atoms with E-state index in [1.807, 2.05) is 31.2 Å². The maximum absolute atomic E-state index is 12.6. The Balaban J connectivity index is 1.44. The number of amides is 1. The number of hydrogen-bond donors (Lipinski definition) is 1. The van der Waals surface area contributed by atoms with Crippen molar-refractivity contribution >= 4 is 29.0 Å². The lowest BCUT2D eigenvalue weighted by Crippen LogP contribution is -2.44. The summed E-state index contributed by atoms with van der Waals surface area (Å²) in [5, 5.41) is 6.41. The largest absolute Gasteiger partial charge is 0.349 e. The van der Waals surface area contributed by atoms with E-state index in [9.17, 15) is 4.79 Å². The van der Waals surface area contributed by atoms with Crippen molar-refractivity contribution in [3.05, 3.63) is 57.6 Å². The number of likely N-dealkylation sites (tertiary alicyclic amines) is 1. The normalized spacial score (nSPS) is 15.4. The summed E-state index contributed by atoms with van der Waals surface area (Å²) in [5.41, 5.74) is 3.21. The molecule has 0 radical (unpaired) electrons. The number of allylic oxidation sites excluding steroid dienone is 1. The standard InChI is InChI=1S/C22H29N3OS2/c1-16(2)8-11-25-12-9-19(10-13-25)24-22(26)18-4-6-21(7-5-18)28-15-20-14-27-17(3)23-20/h4-8,14,19H,9-13,15H2,1-3H3,(H,24,26). The Labute approximate surface area is 176 Å². The highest BCUT2D eigenvalue weighted by molar-refractivity contribution is 7.98. The summed E-state index contributed by atoms with van der Waals surface area (Å²) < 4.78 is 0. The van der Waals surface area contributed by atoms with Gasteiger partial charge in [-0.15, -0.1) is 23.1 Å². The van der Waals surface area contributed by atoms with Gasteiger partial charge in [-0.3, -0.25) is 9.69 Å². The summed E-state index contributed by atoms with van der Waals surface area (Å²) >= 11 is 3.44. The number of benzene rings is 1. The molecule has 150 valence electrons. The molecule has 0 bridgehead atoms. The van der Waals surface area contributed by atoms with Crippen LogP contribution >= 0.6 is 23.1 Å². The second-order valence-corrected chi connectivity index (χ2v) is 9.61. The van der Waals surface area contributed by atoms with Crippen molar-refractivity contribution in [1.82, 2.24) is 15.2 Å². The Morgan fingerprint density at radius 1 is 1.29 bits per heavy atom. The smallest absolute Gasteiger partial charge is 0.251 e.